The van der Waals surface area contributed by atoms with Crippen LogP contribution in [0.5, 0.6) is 0 Å². The molecule has 1 aromatic carbocycles. The van der Waals surface area contributed by atoms with Crippen molar-refractivity contribution in [3.63, 3.8) is 0 Å². The number of para-hydroxylation sites is 1. The van der Waals surface area contributed by atoms with Gasteiger partial charge in [-0.1, -0.05) is 44.4 Å². The summed E-state index contributed by atoms with van der Waals surface area (Å²) in [6, 6.07) is 9.15. The second-order valence-corrected chi connectivity index (χ2v) is 6.38. The minimum absolute atomic E-state index is 0.645. The molecule has 3 nitrogen and oxygen atoms in total. The highest BCUT2D eigenvalue weighted by Gasteiger charge is 2.22. The molecule has 1 atom stereocenters. The first-order valence-electron chi connectivity index (χ1n) is 8.43. The van der Waals surface area contributed by atoms with Gasteiger partial charge in [0.05, 0.1) is 11.2 Å². The summed E-state index contributed by atoms with van der Waals surface area (Å²) < 4.78 is 1.99. The van der Waals surface area contributed by atoms with Crippen molar-refractivity contribution in [1.82, 2.24) is 15.1 Å². The van der Waals surface area contributed by atoms with Gasteiger partial charge >= 0.3 is 0 Å². The molecule has 1 saturated carbocycles. The van der Waals surface area contributed by atoms with Gasteiger partial charge in [0.2, 0.25) is 0 Å². The Kier molecular flexibility index (Phi) is 4.59. The van der Waals surface area contributed by atoms with E-state index in [1.165, 1.54) is 55.1 Å². The summed E-state index contributed by atoms with van der Waals surface area (Å²) in [5.74, 6) is 0.860. The van der Waals surface area contributed by atoms with Crippen molar-refractivity contribution in [3.8, 4) is 0 Å². The Bertz CT molecular complexity index is 581. The highest BCUT2D eigenvalue weighted by Crippen LogP contribution is 2.28. The Labute approximate surface area is 127 Å². The maximum absolute atomic E-state index is 4.70. The molecular weight excluding hydrogens is 258 g/mol. The topological polar surface area (TPSA) is 29.9 Å². The SMILES string of the molecule is CCC(NCc1nn(C)c2ccccc12)C1CCCCC1. The maximum Gasteiger partial charge on any atom is 0.0841 e. The zero-order valence-corrected chi connectivity index (χ0v) is 13.3. The predicted molar refractivity (Wildman–Crippen MR) is 88.2 cm³/mol. The molecule has 1 N–H and O–H groups in total. The maximum atomic E-state index is 4.70. The lowest BCUT2D eigenvalue weighted by Crippen LogP contribution is -2.36. The van der Waals surface area contributed by atoms with Crippen LogP contribution in [0.2, 0.25) is 0 Å². The summed E-state index contributed by atoms with van der Waals surface area (Å²) in [5.41, 5.74) is 2.40. The van der Waals surface area contributed by atoms with Crippen LogP contribution in [0, 0.1) is 5.92 Å². The van der Waals surface area contributed by atoms with Gasteiger partial charge < -0.3 is 5.32 Å². The number of nitrogens with zero attached hydrogens (tertiary/aromatic N) is 2. The van der Waals surface area contributed by atoms with Crippen LogP contribution in [0.4, 0.5) is 0 Å². The van der Waals surface area contributed by atoms with E-state index < -0.39 is 0 Å². The second-order valence-electron chi connectivity index (χ2n) is 6.38. The number of aromatic nitrogens is 2. The minimum atomic E-state index is 0.645. The van der Waals surface area contributed by atoms with E-state index in [0.717, 1.165) is 12.5 Å². The first-order valence-corrected chi connectivity index (χ1v) is 8.43. The van der Waals surface area contributed by atoms with Crippen LogP contribution in [0.1, 0.15) is 51.1 Å². The summed E-state index contributed by atoms with van der Waals surface area (Å²) in [5, 5.41) is 9.76. The first-order chi connectivity index (χ1) is 10.3. The average molecular weight is 285 g/mol. The van der Waals surface area contributed by atoms with Gasteiger partial charge in [0, 0.05) is 25.0 Å². The zero-order valence-electron chi connectivity index (χ0n) is 13.3. The number of nitrogens with one attached hydrogen (secondary N) is 1. The van der Waals surface area contributed by atoms with Crippen LogP contribution >= 0.6 is 0 Å². The van der Waals surface area contributed by atoms with E-state index in [-0.39, 0.29) is 0 Å². The van der Waals surface area contributed by atoms with Crippen molar-refractivity contribution in [2.45, 2.75) is 58.0 Å². The highest BCUT2D eigenvalue weighted by atomic mass is 15.3. The molecule has 1 aliphatic carbocycles. The summed E-state index contributed by atoms with van der Waals surface area (Å²) >= 11 is 0. The molecule has 3 heteroatoms. The number of fused-ring (bicyclic) bond motifs is 1. The number of benzene rings is 1. The molecule has 0 aliphatic heterocycles. The molecule has 1 aliphatic rings. The normalized spacial score (nSPS) is 18.2. The molecule has 21 heavy (non-hydrogen) atoms. The summed E-state index contributed by atoms with van der Waals surface area (Å²) in [7, 11) is 2.03. The third kappa shape index (κ3) is 3.13. The summed E-state index contributed by atoms with van der Waals surface area (Å²) in [4.78, 5) is 0. The van der Waals surface area contributed by atoms with Crippen molar-refractivity contribution >= 4 is 10.9 Å². The van der Waals surface area contributed by atoms with Gasteiger partial charge in [-0.25, -0.2) is 0 Å². The molecule has 0 radical (unpaired) electrons. The molecule has 0 spiro atoms. The lowest BCUT2D eigenvalue weighted by atomic mass is 9.83. The summed E-state index contributed by atoms with van der Waals surface area (Å²) in [6.45, 7) is 3.19. The summed E-state index contributed by atoms with van der Waals surface area (Å²) in [6.07, 6.45) is 8.26. The molecule has 114 valence electrons. The third-order valence-corrected chi connectivity index (χ3v) is 5.02. The number of rotatable bonds is 5. The molecule has 1 unspecified atom stereocenters. The van der Waals surface area contributed by atoms with Gasteiger partial charge in [0.25, 0.3) is 0 Å². The van der Waals surface area contributed by atoms with Gasteiger partial charge in [-0.2, -0.15) is 5.10 Å². The molecule has 0 bridgehead atoms. The van der Waals surface area contributed by atoms with Crippen molar-refractivity contribution in [2.24, 2.45) is 13.0 Å². The predicted octanol–water partition coefficient (Wildman–Crippen LogP) is 4.02. The van der Waals surface area contributed by atoms with E-state index in [9.17, 15) is 0 Å². The molecule has 3 rings (SSSR count). The van der Waals surface area contributed by atoms with E-state index in [0.29, 0.717) is 6.04 Å². The fourth-order valence-electron chi connectivity index (χ4n) is 3.83. The molecule has 2 aromatic rings. The highest BCUT2D eigenvalue weighted by molar-refractivity contribution is 5.81. The van der Waals surface area contributed by atoms with E-state index in [1.54, 1.807) is 0 Å². The number of aryl methyl sites for hydroxylation is 1. The van der Waals surface area contributed by atoms with Gasteiger partial charge in [-0.15, -0.1) is 0 Å². The Hall–Kier alpha value is -1.35. The lowest BCUT2D eigenvalue weighted by molar-refractivity contribution is 0.261. The molecule has 1 fully saturated rings. The van der Waals surface area contributed by atoms with Crippen LogP contribution in [-0.4, -0.2) is 15.8 Å². The van der Waals surface area contributed by atoms with Gasteiger partial charge in [-0.3, -0.25) is 4.68 Å². The fourth-order valence-corrected chi connectivity index (χ4v) is 3.83. The van der Waals surface area contributed by atoms with E-state index >= 15 is 0 Å². The van der Waals surface area contributed by atoms with Gasteiger partial charge in [0.1, 0.15) is 0 Å². The zero-order chi connectivity index (χ0) is 14.7. The van der Waals surface area contributed by atoms with E-state index in [1.807, 2.05) is 11.7 Å². The van der Waals surface area contributed by atoms with Crippen LogP contribution in [0.3, 0.4) is 0 Å². The Morgan fingerprint density at radius 1 is 1.24 bits per heavy atom. The van der Waals surface area contributed by atoms with Crippen molar-refractivity contribution in [1.29, 1.82) is 0 Å². The smallest absolute Gasteiger partial charge is 0.0841 e. The van der Waals surface area contributed by atoms with Crippen LogP contribution < -0.4 is 5.32 Å². The molecule has 0 saturated heterocycles. The Balaban J connectivity index is 1.70. The Morgan fingerprint density at radius 2 is 2.00 bits per heavy atom. The second kappa shape index (κ2) is 6.61. The van der Waals surface area contributed by atoms with Crippen molar-refractivity contribution < 1.29 is 0 Å². The average Bonchev–Trinajstić information content (AvgIpc) is 2.86. The van der Waals surface area contributed by atoms with Crippen LogP contribution in [-0.2, 0) is 13.6 Å². The third-order valence-electron chi connectivity index (χ3n) is 5.02. The van der Waals surface area contributed by atoms with E-state index in [2.05, 4.69) is 36.5 Å². The number of hydrogen-bond donors (Lipinski definition) is 1. The molecule has 0 amide bonds. The standard InChI is InChI=1S/C18H27N3/c1-3-16(14-9-5-4-6-10-14)19-13-17-15-11-7-8-12-18(15)21(2)20-17/h7-8,11-12,14,16,19H,3-6,9-10,13H2,1-2H3. The minimum Gasteiger partial charge on any atom is -0.308 e. The van der Waals surface area contributed by atoms with Crippen molar-refractivity contribution in [2.75, 3.05) is 0 Å². The number of hydrogen-bond acceptors (Lipinski definition) is 2. The van der Waals surface area contributed by atoms with E-state index in [4.69, 9.17) is 5.10 Å². The van der Waals surface area contributed by atoms with Gasteiger partial charge in [0.15, 0.2) is 0 Å². The quantitative estimate of drug-likeness (QED) is 0.899. The monoisotopic (exact) mass is 285 g/mol. The largest absolute Gasteiger partial charge is 0.308 e. The van der Waals surface area contributed by atoms with Crippen LogP contribution in [0.15, 0.2) is 24.3 Å². The molecular formula is C18H27N3. The first kappa shape index (κ1) is 14.6. The van der Waals surface area contributed by atoms with Crippen molar-refractivity contribution in [3.05, 3.63) is 30.0 Å². The molecule has 1 aromatic heterocycles. The van der Waals surface area contributed by atoms with Crippen LogP contribution in [0.25, 0.3) is 10.9 Å². The fraction of sp³-hybridized carbons (Fsp3) is 0.611. The Morgan fingerprint density at radius 3 is 2.76 bits per heavy atom. The lowest BCUT2D eigenvalue weighted by Gasteiger charge is -2.30. The molecule has 1 heterocycles. The van der Waals surface area contributed by atoms with Gasteiger partial charge in [-0.05, 0) is 31.2 Å².